The van der Waals surface area contributed by atoms with E-state index in [1.54, 1.807) is 30.3 Å². The smallest absolute Gasteiger partial charge is 0.251 e. The van der Waals surface area contributed by atoms with Crippen molar-refractivity contribution in [2.75, 3.05) is 11.9 Å². The van der Waals surface area contributed by atoms with Crippen molar-refractivity contribution in [3.05, 3.63) is 46.6 Å². The Balaban J connectivity index is 1.90. The number of benzene rings is 1. The highest BCUT2D eigenvalue weighted by Gasteiger charge is 2.22. The number of anilines is 1. The van der Waals surface area contributed by atoms with Crippen LogP contribution in [-0.4, -0.2) is 40.5 Å². The van der Waals surface area contributed by atoms with E-state index in [0.29, 0.717) is 17.8 Å². The van der Waals surface area contributed by atoms with Crippen molar-refractivity contribution in [2.45, 2.75) is 26.3 Å². The topological polar surface area (TPSA) is 116 Å². The molecule has 0 aliphatic heterocycles. The Morgan fingerprint density at radius 2 is 2.00 bits per heavy atom. The fourth-order valence-corrected chi connectivity index (χ4v) is 2.79. The third kappa shape index (κ3) is 6.86. The van der Waals surface area contributed by atoms with E-state index in [2.05, 4.69) is 42.1 Å². The SMILES string of the molecule is CC(C)CC(NC(=O)CNC(=O)c1cccc(Br)c1)C(=O)Nc1ccn[nH]1. The molecule has 1 heterocycles. The highest BCUT2D eigenvalue weighted by Crippen LogP contribution is 2.11. The van der Waals surface area contributed by atoms with Crippen molar-refractivity contribution in [2.24, 2.45) is 5.92 Å². The van der Waals surface area contributed by atoms with Gasteiger partial charge in [0.1, 0.15) is 11.9 Å². The molecule has 0 saturated carbocycles. The minimum absolute atomic E-state index is 0.194. The summed E-state index contributed by atoms with van der Waals surface area (Å²) in [5, 5.41) is 14.3. The normalized spacial score (nSPS) is 11.7. The molecule has 2 rings (SSSR count). The van der Waals surface area contributed by atoms with Gasteiger partial charge in [0.05, 0.1) is 12.7 Å². The fraction of sp³-hybridized carbons (Fsp3) is 0.333. The van der Waals surface area contributed by atoms with E-state index in [4.69, 9.17) is 0 Å². The first-order valence-corrected chi connectivity index (χ1v) is 9.28. The zero-order chi connectivity index (χ0) is 19.8. The number of hydrogen-bond donors (Lipinski definition) is 4. The molecule has 8 nitrogen and oxygen atoms in total. The quantitative estimate of drug-likeness (QED) is 0.507. The summed E-state index contributed by atoms with van der Waals surface area (Å²) >= 11 is 3.30. The van der Waals surface area contributed by atoms with Crippen LogP contribution >= 0.6 is 15.9 Å². The molecule has 144 valence electrons. The Hall–Kier alpha value is -2.68. The lowest BCUT2D eigenvalue weighted by Gasteiger charge is -2.20. The average molecular weight is 436 g/mol. The number of aromatic amines is 1. The maximum atomic E-state index is 12.4. The first-order valence-electron chi connectivity index (χ1n) is 8.48. The van der Waals surface area contributed by atoms with Crippen LogP contribution < -0.4 is 16.0 Å². The molecule has 27 heavy (non-hydrogen) atoms. The molecule has 0 aliphatic carbocycles. The van der Waals surface area contributed by atoms with Gasteiger partial charge in [0, 0.05) is 16.1 Å². The van der Waals surface area contributed by atoms with Crippen LogP contribution in [0.5, 0.6) is 0 Å². The van der Waals surface area contributed by atoms with Crippen LogP contribution in [0.3, 0.4) is 0 Å². The summed E-state index contributed by atoms with van der Waals surface area (Å²) < 4.78 is 0.770. The Kier molecular flexibility index (Phi) is 7.54. The van der Waals surface area contributed by atoms with Gasteiger partial charge < -0.3 is 16.0 Å². The molecule has 0 aliphatic rings. The minimum atomic E-state index is -0.719. The Morgan fingerprint density at radius 1 is 1.22 bits per heavy atom. The van der Waals surface area contributed by atoms with Gasteiger partial charge in [-0.2, -0.15) is 5.10 Å². The molecule has 1 aromatic carbocycles. The average Bonchev–Trinajstić information content (AvgIpc) is 3.11. The predicted molar refractivity (Wildman–Crippen MR) is 105 cm³/mol. The summed E-state index contributed by atoms with van der Waals surface area (Å²) in [4.78, 5) is 36.7. The second-order valence-corrected chi connectivity index (χ2v) is 7.32. The van der Waals surface area contributed by atoms with E-state index in [-0.39, 0.29) is 24.3 Å². The molecule has 4 N–H and O–H groups in total. The van der Waals surface area contributed by atoms with E-state index in [9.17, 15) is 14.4 Å². The van der Waals surface area contributed by atoms with Crippen LogP contribution in [0, 0.1) is 5.92 Å². The zero-order valence-corrected chi connectivity index (χ0v) is 16.7. The molecule has 3 amide bonds. The second kappa shape index (κ2) is 9.86. The maximum absolute atomic E-state index is 12.4. The number of carbonyl (C=O) groups excluding carboxylic acids is 3. The van der Waals surface area contributed by atoms with Gasteiger partial charge in [-0.05, 0) is 30.5 Å². The molecule has 1 aromatic heterocycles. The summed E-state index contributed by atoms with van der Waals surface area (Å²) in [6.45, 7) is 3.69. The molecule has 0 bridgehead atoms. The first kappa shape index (κ1) is 20.6. The third-order valence-electron chi connectivity index (χ3n) is 3.61. The number of halogens is 1. The van der Waals surface area contributed by atoms with Gasteiger partial charge in [0.25, 0.3) is 5.91 Å². The van der Waals surface area contributed by atoms with Crippen molar-refractivity contribution in [1.29, 1.82) is 0 Å². The van der Waals surface area contributed by atoms with Crippen molar-refractivity contribution in [3.8, 4) is 0 Å². The van der Waals surface area contributed by atoms with E-state index >= 15 is 0 Å². The van der Waals surface area contributed by atoms with E-state index in [1.165, 1.54) is 6.20 Å². The van der Waals surface area contributed by atoms with Crippen LogP contribution in [0.15, 0.2) is 41.0 Å². The zero-order valence-electron chi connectivity index (χ0n) is 15.1. The van der Waals surface area contributed by atoms with Crippen LogP contribution in [0.2, 0.25) is 0 Å². The highest BCUT2D eigenvalue weighted by atomic mass is 79.9. The number of rotatable bonds is 8. The Labute approximate surface area is 165 Å². The molecule has 0 radical (unpaired) electrons. The first-order chi connectivity index (χ1) is 12.8. The molecule has 0 saturated heterocycles. The van der Waals surface area contributed by atoms with Crippen molar-refractivity contribution < 1.29 is 14.4 Å². The molecule has 0 spiro atoms. The predicted octanol–water partition coefficient (Wildman–Crippen LogP) is 2.07. The lowest BCUT2D eigenvalue weighted by molar-refractivity contribution is -0.126. The molecular formula is C18H22BrN5O3. The maximum Gasteiger partial charge on any atom is 0.251 e. The minimum Gasteiger partial charge on any atom is -0.343 e. The van der Waals surface area contributed by atoms with E-state index < -0.39 is 11.9 Å². The van der Waals surface area contributed by atoms with Gasteiger partial charge in [0.15, 0.2) is 0 Å². The van der Waals surface area contributed by atoms with Crippen LogP contribution in [0.4, 0.5) is 5.82 Å². The van der Waals surface area contributed by atoms with Crippen molar-refractivity contribution in [3.63, 3.8) is 0 Å². The van der Waals surface area contributed by atoms with Gasteiger partial charge in [-0.1, -0.05) is 35.8 Å². The lowest BCUT2D eigenvalue weighted by atomic mass is 10.0. The van der Waals surface area contributed by atoms with Crippen molar-refractivity contribution in [1.82, 2.24) is 20.8 Å². The van der Waals surface area contributed by atoms with Crippen LogP contribution in [0.1, 0.15) is 30.6 Å². The fourth-order valence-electron chi connectivity index (χ4n) is 2.39. The summed E-state index contributed by atoms with van der Waals surface area (Å²) in [5.74, 6) is -0.512. The molecule has 2 aromatic rings. The van der Waals surface area contributed by atoms with Gasteiger partial charge in [-0.25, -0.2) is 0 Å². The number of H-pyrrole nitrogens is 1. The Bertz CT molecular complexity index is 792. The molecule has 1 atom stereocenters. The largest absolute Gasteiger partial charge is 0.343 e. The van der Waals surface area contributed by atoms with Gasteiger partial charge in [0.2, 0.25) is 11.8 Å². The highest BCUT2D eigenvalue weighted by molar-refractivity contribution is 9.10. The summed E-state index contributed by atoms with van der Waals surface area (Å²) in [5.41, 5.74) is 0.438. The summed E-state index contributed by atoms with van der Waals surface area (Å²) in [6.07, 6.45) is 1.98. The number of aromatic nitrogens is 2. The molecular weight excluding hydrogens is 414 g/mol. The van der Waals surface area contributed by atoms with Crippen molar-refractivity contribution >= 4 is 39.5 Å². The molecule has 0 fully saturated rings. The van der Waals surface area contributed by atoms with Gasteiger partial charge >= 0.3 is 0 Å². The monoisotopic (exact) mass is 435 g/mol. The number of hydrogen-bond acceptors (Lipinski definition) is 4. The summed E-state index contributed by atoms with van der Waals surface area (Å²) in [6, 6.07) is 7.74. The lowest BCUT2D eigenvalue weighted by Crippen LogP contribution is -2.48. The summed E-state index contributed by atoms with van der Waals surface area (Å²) in [7, 11) is 0. The van der Waals surface area contributed by atoms with Gasteiger partial charge in [-0.15, -0.1) is 0 Å². The number of nitrogens with one attached hydrogen (secondary N) is 4. The molecule has 1 unspecified atom stereocenters. The Morgan fingerprint density at radius 3 is 2.63 bits per heavy atom. The third-order valence-corrected chi connectivity index (χ3v) is 4.11. The number of carbonyl (C=O) groups is 3. The van der Waals surface area contributed by atoms with Gasteiger partial charge in [-0.3, -0.25) is 19.5 Å². The van der Waals surface area contributed by atoms with Crippen LogP contribution in [0.25, 0.3) is 0 Å². The van der Waals surface area contributed by atoms with E-state index in [1.807, 2.05) is 13.8 Å². The number of nitrogens with zero attached hydrogens (tertiary/aromatic N) is 1. The molecule has 9 heteroatoms. The van der Waals surface area contributed by atoms with E-state index in [0.717, 1.165) is 4.47 Å². The standard InChI is InChI=1S/C18H22BrN5O3/c1-11(2)8-14(18(27)23-15-6-7-21-24-15)22-16(25)10-20-17(26)12-4-3-5-13(19)9-12/h3-7,9,11,14H,8,10H2,1-2H3,(H,20,26)(H,22,25)(H2,21,23,24,27). The van der Waals surface area contributed by atoms with Crippen LogP contribution in [-0.2, 0) is 9.59 Å². The second-order valence-electron chi connectivity index (χ2n) is 6.40. The number of amides is 3.